The molecule has 0 spiro atoms. The van der Waals surface area contributed by atoms with Crippen molar-refractivity contribution in [1.29, 1.82) is 0 Å². The molecule has 0 unspecified atom stereocenters. The normalized spacial score (nSPS) is 16.2. The molecule has 0 saturated carbocycles. The van der Waals surface area contributed by atoms with Crippen LogP contribution in [0.2, 0.25) is 5.02 Å². The number of thiophene rings is 1. The largest absolute Gasteiger partial charge is 0.493 e. The summed E-state index contributed by atoms with van der Waals surface area (Å²) in [7, 11) is 3.31. The van der Waals surface area contributed by atoms with E-state index in [4.69, 9.17) is 26.1 Å². The third-order valence-electron chi connectivity index (χ3n) is 5.86. The zero-order valence-corrected chi connectivity index (χ0v) is 19.3. The van der Waals surface area contributed by atoms with Gasteiger partial charge in [-0.15, -0.1) is 11.3 Å². The van der Waals surface area contributed by atoms with Crippen LogP contribution in [-0.2, 0) is 13.0 Å². The van der Waals surface area contributed by atoms with Gasteiger partial charge in [0.25, 0.3) is 5.56 Å². The van der Waals surface area contributed by atoms with Crippen LogP contribution in [0.4, 0.5) is 0 Å². The molecule has 8 heteroatoms. The molecule has 2 aromatic carbocycles. The number of H-pyrrole nitrogens is 1. The summed E-state index contributed by atoms with van der Waals surface area (Å²) in [6.07, 6.45) is 0.866. The Hall–Kier alpha value is -2.87. The van der Waals surface area contributed by atoms with Crippen LogP contribution < -0.4 is 15.0 Å². The van der Waals surface area contributed by atoms with Gasteiger partial charge < -0.3 is 14.5 Å². The molecule has 2 aromatic heterocycles. The van der Waals surface area contributed by atoms with E-state index in [1.807, 2.05) is 0 Å². The molecule has 4 aromatic rings. The lowest BCUT2D eigenvalue weighted by Crippen LogP contribution is -2.36. The SMILES string of the molecule is COc1cc2c(cc1OC)[C@@H](c1cccs1)N(Cc1nc3ccc(Cl)cc3c(=O)[nH]1)CC2. The van der Waals surface area contributed by atoms with Gasteiger partial charge in [-0.1, -0.05) is 17.7 Å². The van der Waals surface area contributed by atoms with Crippen molar-refractivity contribution < 1.29 is 9.47 Å². The van der Waals surface area contributed by atoms with E-state index in [0.717, 1.165) is 18.7 Å². The molecule has 0 fully saturated rings. The van der Waals surface area contributed by atoms with E-state index in [9.17, 15) is 4.79 Å². The van der Waals surface area contributed by atoms with Crippen molar-refractivity contribution in [2.24, 2.45) is 0 Å². The molecule has 164 valence electrons. The van der Waals surface area contributed by atoms with Crippen molar-refractivity contribution >= 4 is 33.8 Å². The standard InChI is InChI=1S/C24H22ClN3O3S/c1-30-19-10-14-7-8-28(23(21-4-3-9-32-21)16(14)12-20(19)31-2)13-22-26-18-6-5-15(25)11-17(18)24(29)27-22/h3-6,9-12,23H,7-8,13H2,1-2H3,(H,26,27,29)/t23-/m0/s1. The molecule has 1 atom stereocenters. The third kappa shape index (κ3) is 3.77. The first-order valence-corrected chi connectivity index (χ1v) is 11.5. The molecule has 0 saturated heterocycles. The Kier molecular flexibility index (Phi) is 5.63. The summed E-state index contributed by atoms with van der Waals surface area (Å²) in [5, 5.41) is 3.10. The van der Waals surface area contributed by atoms with Gasteiger partial charge in [-0.05, 0) is 59.3 Å². The second kappa shape index (κ2) is 8.58. The smallest absolute Gasteiger partial charge is 0.258 e. The second-order valence-corrected chi connectivity index (χ2v) is 9.13. The summed E-state index contributed by atoms with van der Waals surface area (Å²) in [6, 6.07) is 13.6. The van der Waals surface area contributed by atoms with E-state index in [1.54, 1.807) is 43.8 Å². The number of hydrogen-bond acceptors (Lipinski definition) is 6. The van der Waals surface area contributed by atoms with Gasteiger partial charge in [-0.3, -0.25) is 9.69 Å². The van der Waals surface area contributed by atoms with Crippen LogP contribution in [0.15, 0.2) is 52.6 Å². The number of aromatic amines is 1. The molecular formula is C24H22ClN3O3S. The first kappa shape index (κ1) is 21.0. The van der Waals surface area contributed by atoms with Gasteiger partial charge in [-0.2, -0.15) is 0 Å². The van der Waals surface area contributed by atoms with E-state index < -0.39 is 0 Å². The molecule has 32 heavy (non-hydrogen) atoms. The third-order valence-corrected chi connectivity index (χ3v) is 7.02. The number of methoxy groups -OCH3 is 2. The zero-order valence-electron chi connectivity index (χ0n) is 17.7. The molecule has 0 aliphatic carbocycles. The first-order valence-electron chi connectivity index (χ1n) is 10.3. The Morgan fingerprint density at radius 2 is 2.00 bits per heavy atom. The molecule has 6 nitrogen and oxygen atoms in total. The summed E-state index contributed by atoms with van der Waals surface area (Å²) in [4.78, 5) is 23.9. The van der Waals surface area contributed by atoms with Crippen LogP contribution in [0.25, 0.3) is 10.9 Å². The highest BCUT2D eigenvalue weighted by atomic mass is 35.5. The molecule has 1 aliphatic heterocycles. The monoisotopic (exact) mass is 467 g/mol. The lowest BCUT2D eigenvalue weighted by atomic mass is 9.91. The number of halogens is 1. The van der Waals surface area contributed by atoms with Crippen molar-refractivity contribution in [3.05, 3.63) is 85.0 Å². The number of nitrogens with zero attached hydrogens (tertiary/aromatic N) is 2. The number of aromatic nitrogens is 2. The van der Waals surface area contributed by atoms with E-state index in [2.05, 4.69) is 39.5 Å². The number of ether oxygens (including phenoxy) is 2. The number of nitrogens with one attached hydrogen (secondary N) is 1. The van der Waals surface area contributed by atoms with Crippen LogP contribution in [-0.4, -0.2) is 35.6 Å². The molecule has 0 radical (unpaired) electrons. The van der Waals surface area contributed by atoms with Crippen molar-refractivity contribution in [3.8, 4) is 11.5 Å². The van der Waals surface area contributed by atoms with E-state index >= 15 is 0 Å². The molecule has 3 heterocycles. The summed E-state index contributed by atoms with van der Waals surface area (Å²) in [5.74, 6) is 2.09. The Balaban J connectivity index is 1.57. The van der Waals surface area contributed by atoms with Gasteiger partial charge in [-0.25, -0.2) is 4.98 Å². The fourth-order valence-corrected chi connectivity index (χ4v) is 5.42. The fourth-order valence-electron chi connectivity index (χ4n) is 4.37. The summed E-state index contributed by atoms with van der Waals surface area (Å²) in [6.45, 7) is 1.34. The van der Waals surface area contributed by atoms with Crippen LogP contribution in [0.1, 0.15) is 27.9 Å². The van der Waals surface area contributed by atoms with Crippen molar-refractivity contribution in [2.45, 2.75) is 19.0 Å². The van der Waals surface area contributed by atoms with Gasteiger partial charge in [0.2, 0.25) is 0 Å². The maximum absolute atomic E-state index is 12.7. The molecule has 1 N–H and O–H groups in total. The summed E-state index contributed by atoms with van der Waals surface area (Å²) < 4.78 is 11.1. The topological polar surface area (TPSA) is 67.5 Å². The number of rotatable bonds is 5. The minimum Gasteiger partial charge on any atom is -0.493 e. The number of hydrogen-bond donors (Lipinski definition) is 1. The minimum absolute atomic E-state index is 0.0322. The van der Waals surface area contributed by atoms with E-state index in [-0.39, 0.29) is 11.6 Å². The van der Waals surface area contributed by atoms with Crippen LogP contribution in [0, 0.1) is 0 Å². The highest BCUT2D eigenvalue weighted by Crippen LogP contribution is 2.42. The fraction of sp³-hybridized carbons (Fsp3) is 0.250. The number of fused-ring (bicyclic) bond motifs is 2. The molecule has 0 bridgehead atoms. The summed E-state index contributed by atoms with van der Waals surface area (Å²) in [5.41, 5.74) is 2.90. The van der Waals surface area contributed by atoms with Crippen molar-refractivity contribution in [3.63, 3.8) is 0 Å². The predicted octanol–water partition coefficient (Wildman–Crippen LogP) is 4.80. The number of benzene rings is 2. The molecular weight excluding hydrogens is 446 g/mol. The Morgan fingerprint density at radius 1 is 1.19 bits per heavy atom. The van der Waals surface area contributed by atoms with Gasteiger partial charge in [0, 0.05) is 16.4 Å². The first-order chi connectivity index (χ1) is 15.6. The zero-order chi connectivity index (χ0) is 22.2. The molecule has 0 amide bonds. The van der Waals surface area contributed by atoms with Gasteiger partial charge in [0.15, 0.2) is 11.5 Å². The van der Waals surface area contributed by atoms with E-state index in [0.29, 0.717) is 34.0 Å². The lowest BCUT2D eigenvalue weighted by molar-refractivity contribution is 0.201. The Labute approximate surface area is 194 Å². The average Bonchev–Trinajstić information content (AvgIpc) is 3.33. The Bertz CT molecular complexity index is 1340. The quantitative estimate of drug-likeness (QED) is 0.456. The van der Waals surface area contributed by atoms with E-state index in [1.165, 1.54) is 16.0 Å². The van der Waals surface area contributed by atoms with Crippen LogP contribution in [0.5, 0.6) is 11.5 Å². The van der Waals surface area contributed by atoms with Gasteiger partial charge >= 0.3 is 0 Å². The lowest BCUT2D eigenvalue weighted by Gasteiger charge is -2.37. The van der Waals surface area contributed by atoms with Crippen LogP contribution in [0.3, 0.4) is 0 Å². The minimum atomic E-state index is -0.177. The highest BCUT2D eigenvalue weighted by molar-refractivity contribution is 7.10. The van der Waals surface area contributed by atoms with Crippen molar-refractivity contribution in [2.75, 3.05) is 20.8 Å². The molecule has 1 aliphatic rings. The highest BCUT2D eigenvalue weighted by Gasteiger charge is 2.31. The second-order valence-electron chi connectivity index (χ2n) is 7.72. The maximum atomic E-state index is 12.7. The molecule has 5 rings (SSSR count). The predicted molar refractivity (Wildman–Crippen MR) is 127 cm³/mol. The van der Waals surface area contributed by atoms with Gasteiger partial charge in [0.05, 0.1) is 37.7 Å². The van der Waals surface area contributed by atoms with Gasteiger partial charge in [0.1, 0.15) is 5.82 Å². The Morgan fingerprint density at radius 3 is 2.75 bits per heavy atom. The van der Waals surface area contributed by atoms with Crippen LogP contribution >= 0.6 is 22.9 Å². The maximum Gasteiger partial charge on any atom is 0.258 e. The average molecular weight is 468 g/mol. The summed E-state index contributed by atoms with van der Waals surface area (Å²) >= 11 is 7.77. The van der Waals surface area contributed by atoms with Crippen molar-refractivity contribution in [1.82, 2.24) is 14.9 Å².